The van der Waals surface area contributed by atoms with Crippen LogP contribution in [0.25, 0.3) is 0 Å². The Morgan fingerprint density at radius 3 is 2.60 bits per heavy atom. The van der Waals surface area contributed by atoms with Gasteiger partial charge in [0, 0.05) is 9.50 Å². The highest BCUT2D eigenvalue weighted by atomic mass is 79.9. The summed E-state index contributed by atoms with van der Waals surface area (Å²) in [6.45, 7) is 1.23. The van der Waals surface area contributed by atoms with Gasteiger partial charge >= 0.3 is 6.18 Å². The molecule has 160 valence electrons. The first-order chi connectivity index (χ1) is 13.9. The first kappa shape index (κ1) is 22.9. The van der Waals surface area contributed by atoms with E-state index >= 15 is 0 Å². The maximum atomic E-state index is 13.7. The van der Waals surface area contributed by atoms with E-state index in [-0.39, 0.29) is 21.5 Å². The number of ether oxygens (including phenoxy) is 1. The second-order valence-electron chi connectivity index (χ2n) is 6.53. The van der Waals surface area contributed by atoms with E-state index in [1.165, 1.54) is 37.3 Å². The molecule has 0 bridgehead atoms. The first-order valence-electron chi connectivity index (χ1n) is 8.50. The van der Waals surface area contributed by atoms with Gasteiger partial charge in [-0.05, 0) is 42.8 Å². The van der Waals surface area contributed by atoms with Gasteiger partial charge in [0.1, 0.15) is 5.75 Å². The Morgan fingerprint density at radius 1 is 1.30 bits per heavy atom. The highest BCUT2D eigenvalue weighted by Gasteiger charge is 2.63. The molecule has 1 heterocycles. The van der Waals surface area contributed by atoms with Crippen LogP contribution in [-0.4, -0.2) is 39.7 Å². The van der Waals surface area contributed by atoms with Gasteiger partial charge in [0.15, 0.2) is 6.10 Å². The van der Waals surface area contributed by atoms with E-state index < -0.39 is 30.3 Å². The minimum absolute atomic E-state index is 0.0255. The van der Waals surface area contributed by atoms with Gasteiger partial charge < -0.3 is 9.84 Å². The lowest BCUT2D eigenvalue weighted by Gasteiger charge is -2.33. The van der Waals surface area contributed by atoms with Crippen LogP contribution in [-0.2, 0) is 4.79 Å². The molecule has 5 nitrogen and oxygen atoms in total. The Labute approximate surface area is 188 Å². The molecule has 0 fully saturated rings. The van der Waals surface area contributed by atoms with E-state index in [0.29, 0.717) is 15.1 Å². The average molecular weight is 526 g/mol. The summed E-state index contributed by atoms with van der Waals surface area (Å²) in [6.07, 6.45) is -7.51. The summed E-state index contributed by atoms with van der Waals surface area (Å²) in [5.41, 5.74) is -3.28. The van der Waals surface area contributed by atoms with Crippen molar-refractivity contribution in [2.24, 2.45) is 5.10 Å². The van der Waals surface area contributed by atoms with E-state index in [9.17, 15) is 23.1 Å². The van der Waals surface area contributed by atoms with Crippen LogP contribution in [0.1, 0.15) is 18.9 Å². The molecule has 0 radical (unpaired) electrons. The molecular formula is C19H14BrCl2F3N2O3. The van der Waals surface area contributed by atoms with E-state index in [1.807, 2.05) is 0 Å². The maximum Gasteiger partial charge on any atom is 0.438 e. The third-order valence-corrected chi connectivity index (χ3v) is 5.37. The summed E-state index contributed by atoms with van der Waals surface area (Å²) in [7, 11) is 0. The number of halogens is 6. The van der Waals surface area contributed by atoms with Crippen molar-refractivity contribution in [3.05, 3.63) is 62.5 Å². The number of hydrogen-bond acceptors (Lipinski definition) is 4. The van der Waals surface area contributed by atoms with Crippen LogP contribution in [0.5, 0.6) is 5.75 Å². The Kier molecular flexibility index (Phi) is 6.38. The molecule has 0 aromatic heterocycles. The zero-order chi connectivity index (χ0) is 22.3. The molecule has 0 aliphatic carbocycles. The summed E-state index contributed by atoms with van der Waals surface area (Å²) in [5, 5.41) is 14.6. The summed E-state index contributed by atoms with van der Waals surface area (Å²) in [4.78, 5) is 12.8. The van der Waals surface area contributed by atoms with Crippen molar-refractivity contribution in [3.8, 4) is 5.75 Å². The van der Waals surface area contributed by atoms with E-state index in [1.54, 1.807) is 12.1 Å². The summed E-state index contributed by atoms with van der Waals surface area (Å²) < 4.78 is 47.2. The molecule has 2 atom stereocenters. The Bertz CT molecular complexity index is 1020. The fourth-order valence-electron chi connectivity index (χ4n) is 2.81. The van der Waals surface area contributed by atoms with Crippen molar-refractivity contribution in [1.82, 2.24) is 5.01 Å². The Balaban J connectivity index is 1.93. The Hall–Kier alpha value is -1.81. The van der Waals surface area contributed by atoms with Gasteiger partial charge in [-0.1, -0.05) is 51.3 Å². The van der Waals surface area contributed by atoms with Gasteiger partial charge in [-0.25, -0.2) is 0 Å². The molecule has 30 heavy (non-hydrogen) atoms. The predicted molar refractivity (Wildman–Crippen MR) is 110 cm³/mol. The number of rotatable bonds is 4. The number of carbonyl (C=O) groups is 1. The van der Waals surface area contributed by atoms with Crippen molar-refractivity contribution in [2.75, 3.05) is 0 Å². The number of nitrogens with zero attached hydrogens (tertiary/aromatic N) is 2. The summed E-state index contributed by atoms with van der Waals surface area (Å²) in [6, 6.07) is 10.5. The van der Waals surface area contributed by atoms with E-state index in [4.69, 9.17) is 27.9 Å². The van der Waals surface area contributed by atoms with Crippen molar-refractivity contribution in [1.29, 1.82) is 0 Å². The van der Waals surface area contributed by atoms with Crippen LogP contribution >= 0.6 is 39.1 Å². The third-order valence-electron chi connectivity index (χ3n) is 4.35. The minimum atomic E-state index is -5.16. The first-order valence-corrected chi connectivity index (χ1v) is 10.1. The highest BCUT2D eigenvalue weighted by molar-refractivity contribution is 9.10. The van der Waals surface area contributed by atoms with Gasteiger partial charge in [0.05, 0.1) is 17.2 Å². The zero-order valence-corrected chi connectivity index (χ0v) is 18.3. The van der Waals surface area contributed by atoms with Crippen molar-refractivity contribution < 1.29 is 27.8 Å². The van der Waals surface area contributed by atoms with E-state index in [0.717, 1.165) is 0 Å². The number of alkyl halides is 3. The van der Waals surface area contributed by atoms with Crippen molar-refractivity contribution in [3.63, 3.8) is 0 Å². The number of carbonyl (C=O) groups excluding carboxylic acids is 1. The Morgan fingerprint density at radius 2 is 2.00 bits per heavy atom. The van der Waals surface area contributed by atoms with Crippen LogP contribution in [0.4, 0.5) is 13.2 Å². The van der Waals surface area contributed by atoms with Gasteiger partial charge in [-0.3, -0.25) is 4.79 Å². The number of hydrazone groups is 1. The minimum Gasteiger partial charge on any atom is -0.479 e. The number of aliphatic hydroxyl groups is 1. The number of benzene rings is 2. The molecular weight excluding hydrogens is 512 g/mol. The largest absolute Gasteiger partial charge is 0.479 e. The topological polar surface area (TPSA) is 62.1 Å². The normalized spacial score (nSPS) is 20.1. The molecule has 0 spiro atoms. The highest BCUT2D eigenvalue weighted by Crippen LogP contribution is 2.42. The molecule has 0 saturated heterocycles. The average Bonchev–Trinajstić information content (AvgIpc) is 3.02. The monoisotopic (exact) mass is 524 g/mol. The lowest BCUT2D eigenvalue weighted by atomic mass is 10.0. The van der Waals surface area contributed by atoms with Gasteiger partial charge in [-0.15, -0.1) is 0 Å². The second kappa shape index (κ2) is 8.37. The lowest BCUT2D eigenvalue weighted by Crippen LogP contribution is -2.58. The molecule has 1 aliphatic rings. The molecule has 1 amide bonds. The molecule has 2 aromatic carbocycles. The molecule has 0 saturated carbocycles. The van der Waals surface area contributed by atoms with Gasteiger partial charge in [0.2, 0.25) is 0 Å². The molecule has 1 N–H and O–H groups in total. The van der Waals surface area contributed by atoms with Gasteiger partial charge in [0.25, 0.3) is 11.6 Å². The van der Waals surface area contributed by atoms with Crippen LogP contribution in [0.15, 0.2) is 52.0 Å². The van der Waals surface area contributed by atoms with Gasteiger partial charge in [-0.2, -0.15) is 23.3 Å². The fourth-order valence-corrected chi connectivity index (χ4v) is 3.66. The molecule has 11 heteroatoms. The van der Waals surface area contributed by atoms with Crippen LogP contribution in [0.3, 0.4) is 0 Å². The SMILES string of the molecule is C[C@H](Oc1ccc(Cl)cc1Cl)C(=O)N1N=C(c2cccc(Br)c2)C[C@]1(O)C(F)(F)F. The zero-order valence-electron chi connectivity index (χ0n) is 15.3. The van der Waals surface area contributed by atoms with Crippen LogP contribution in [0.2, 0.25) is 10.0 Å². The molecule has 1 aliphatic heterocycles. The smallest absolute Gasteiger partial charge is 0.438 e. The van der Waals surface area contributed by atoms with Crippen molar-refractivity contribution in [2.45, 2.75) is 31.3 Å². The van der Waals surface area contributed by atoms with E-state index in [2.05, 4.69) is 21.0 Å². The molecule has 3 rings (SSSR count). The fraction of sp³-hybridized carbons (Fsp3) is 0.263. The molecule has 0 unspecified atom stereocenters. The van der Waals surface area contributed by atoms with Crippen LogP contribution in [0, 0.1) is 0 Å². The standard InChI is InChI=1S/C19H14BrCl2F3N2O3/c1-10(30-16-6-5-13(21)8-14(16)22)17(28)27-18(29,19(23,24)25)9-15(26-27)11-3-2-4-12(20)7-11/h2-8,10,29H,9H2,1H3/t10-,18-/m0/s1. The third kappa shape index (κ3) is 4.44. The number of amides is 1. The summed E-state index contributed by atoms with van der Waals surface area (Å²) in [5.74, 6) is -1.14. The number of hydrogen-bond donors (Lipinski definition) is 1. The second-order valence-corrected chi connectivity index (χ2v) is 8.29. The quantitative estimate of drug-likeness (QED) is 0.580. The van der Waals surface area contributed by atoms with Crippen LogP contribution < -0.4 is 4.74 Å². The van der Waals surface area contributed by atoms with Crippen molar-refractivity contribution >= 4 is 50.8 Å². The predicted octanol–water partition coefficient (Wildman–Crippen LogP) is 5.41. The maximum absolute atomic E-state index is 13.7. The lowest BCUT2D eigenvalue weighted by molar-refractivity contribution is -0.303. The molecule has 2 aromatic rings. The summed E-state index contributed by atoms with van der Waals surface area (Å²) >= 11 is 15.0.